The van der Waals surface area contributed by atoms with Crippen molar-refractivity contribution < 1.29 is 45.8 Å². The van der Waals surface area contributed by atoms with Gasteiger partial charge >= 0.3 is 13.5 Å². The number of aromatic nitrogens is 8. The summed E-state index contributed by atoms with van der Waals surface area (Å²) in [6.45, 7) is -10.5. The van der Waals surface area contributed by atoms with E-state index in [1.807, 2.05) is 0 Å². The van der Waals surface area contributed by atoms with E-state index in [0.29, 0.717) is 0 Å². The van der Waals surface area contributed by atoms with Gasteiger partial charge in [-0.2, -0.15) is 9.97 Å². The predicted octanol–water partition coefficient (Wildman–Crippen LogP) is -0.0399. The number of alkyl halides is 2. The molecular weight excluding hydrogens is 704 g/mol. The Morgan fingerprint density at radius 3 is 1.85 bits per heavy atom. The number of imidazole rings is 2. The van der Waals surface area contributed by atoms with E-state index in [2.05, 4.69) is 42.2 Å². The van der Waals surface area contributed by atoms with Gasteiger partial charge in [-0.05, 0) is 11.8 Å². The molecule has 4 aromatic rings. The number of nitrogen functional groups attached to an aromatic ring is 2. The highest BCUT2D eigenvalue weighted by atomic mass is 32.7. The smallest absolute Gasteiger partial charge is 0.369 e. The molecule has 0 amide bonds. The van der Waals surface area contributed by atoms with Gasteiger partial charge in [0.1, 0.15) is 24.4 Å². The maximum Gasteiger partial charge on any atom is 0.386 e. The lowest BCUT2D eigenvalue weighted by Crippen LogP contribution is -2.34. The number of hydrogen-bond donors (Lipinski definition) is 6. The zero-order valence-corrected chi connectivity index (χ0v) is 26.2. The molecule has 46 heavy (non-hydrogen) atoms. The molecule has 3 aliphatic rings. The third kappa shape index (κ3) is 5.56. The lowest BCUT2D eigenvalue weighted by atomic mass is 10.1. The molecule has 26 heteroatoms. The number of nitrogens with zero attached hydrogens (tertiary/aromatic N) is 6. The van der Waals surface area contributed by atoms with Crippen LogP contribution in [0.4, 0.5) is 20.7 Å². The molecular formula is C20H22F2N10O10P2S2. The number of anilines is 2. The van der Waals surface area contributed by atoms with Crippen LogP contribution >= 0.6 is 25.8 Å². The first kappa shape index (κ1) is 31.7. The molecule has 7 heterocycles. The molecule has 4 aromatic heterocycles. The molecule has 2 unspecified atom stereocenters. The summed E-state index contributed by atoms with van der Waals surface area (Å²) in [6.07, 6.45) is -11.7. The molecule has 248 valence electrons. The largest absolute Gasteiger partial charge is 0.386 e. The first-order chi connectivity index (χ1) is 21.7. The van der Waals surface area contributed by atoms with Crippen molar-refractivity contribution in [1.29, 1.82) is 0 Å². The summed E-state index contributed by atoms with van der Waals surface area (Å²) in [4.78, 5) is 56.1. The van der Waals surface area contributed by atoms with Crippen LogP contribution < -0.4 is 22.6 Å². The Balaban J connectivity index is 1.23. The van der Waals surface area contributed by atoms with Gasteiger partial charge in [-0.1, -0.05) is 12.2 Å². The third-order valence-corrected chi connectivity index (χ3v) is 10.5. The van der Waals surface area contributed by atoms with Crippen molar-refractivity contribution in [2.45, 2.75) is 49.2 Å². The summed E-state index contributed by atoms with van der Waals surface area (Å²) in [7, 11) is 0. The number of thiol groups is 1. The highest BCUT2D eigenvalue weighted by Crippen LogP contribution is 2.58. The van der Waals surface area contributed by atoms with E-state index >= 15 is 8.78 Å². The normalized spacial score (nSPS) is 37.1. The zero-order valence-electron chi connectivity index (χ0n) is 22.7. The van der Waals surface area contributed by atoms with Gasteiger partial charge < -0.3 is 30.4 Å². The average Bonchev–Trinajstić information content (AvgIpc) is 3.72. The molecule has 3 aliphatic heterocycles. The SMILES string of the molecule is Nc1nc2c(ncn2[C@@H]2O[C@@H]3COP(O)(=S)O[C@@H]4[C@@H](F)[C@@H](COP(=O)(S)O[C@@H]2[C@H]3F)O[C@H]4n2cnc3c(=O)[nH]c(N)nc32)c(=O)[nH]1. The first-order valence-corrected chi connectivity index (χ1v) is 18.3. The molecule has 0 spiro atoms. The summed E-state index contributed by atoms with van der Waals surface area (Å²) in [6, 6.07) is 0. The molecule has 20 nitrogen and oxygen atoms in total. The van der Waals surface area contributed by atoms with E-state index in [4.69, 9.17) is 50.8 Å². The van der Waals surface area contributed by atoms with Gasteiger partial charge in [0, 0.05) is 0 Å². The number of rotatable bonds is 2. The van der Waals surface area contributed by atoms with Crippen molar-refractivity contribution in [3.8, 4) is 0 Å². The zero-order chi connectivity index (χ0) is 32.7. The summed E-state index contributed by atoms with van der Waals surface area (Å²) < 4.78 is 80.8. The Morgan fingerprint density at radius 1 is 0.891 bits per heavy atom. The van der Waals surface area contributed by atoms with E-state index in [-0.39, 0.29) is 34.2 Å². The fraction of sp³-hybridized carbons (Fsp3) is 0.500. The molecule has 3 fully saturated rings. The van der Waals surface area contributed by atoms with Gasteiger partial charge in [0.25, 0.3) is 11.1 Å². The Bertz CT molecular complexity index is 1920. The number of ether oxygens (including phenoxy) is 2. The third-order valence-electron chi connectivity index (χ3n) is 7.29. The van der Waals surface area contributed by atoms with Gasteiger partial charge in [-0.25, -0.2) is 23.3 Å². The van der Waals surface area contributed by atoms with E-state index < -0.39 is 87.1 Å². The van der Waals surface area contributed by atoms with Crippen LogP contribution in [-0.2, 0) is 43.9 Å². The van der Waals surface area contributed by atoms with Crippen LogP contribution in [0.5, 0.6) is 0 Å². The van der Waals surface area contributed by atoms with E-state index in [9.17, 15) is 19.0 Å². The lowest BCUT2D eigenvalue weighted by molar-refractivity contribution is -0.0592. The summed E-state index contributed by atoms with van der Waals surface area (Å²) >= 11 is 9.07. The highest BCUT2D eigenvalue weighted by Gasteiger charge is 2.54. The van der Waals surface area contributed by atoms with Crippen LogP contribution in [0.2, 0.25) is 0 Å². The second-order valence-corrected chi connectivity index (χ2v) is 15.9. The van der Waals surface area contributed by atoms with Gasteiger partial charge in [-0.15, -0.1) is 0 Å². The average molecular weight is 727 g/mol. The van der Waals surface area contributed by atoms with Crippen LogP contribution in [0.1, 0.15) is 12.5 Å². The Morgan fingerprint density at radius 2 is 1.35 bits per heavy atom. The Hall–Kier alpha value is -2.89. The summed E-state index contributed by atoms with van der Waals surface area (Å²) in [5, 5.41) is 0. The van der Waals surface area contributed by atoms with Crippen LogP contribution in [-0.4, -0.2) is 93.9 Å². The minimum atomic E-state index is -4.54. The molecule has 10 atom stereocenters. The molecule has 3 saturated heterocycles. The molecule has 0 aromatic carbocycles. The molecule has 0 radical (unpaired) electrons. The number of halogens is 2. The van der Waals surface area contributed by atoms with E-state index in [1.54, 1.807) is 0 Å². The molecule has 0 aliphatic carbocycles. The monoisotopic (exact) mass is 726 g/mol. The van der Waals surface area contributed by atoms with Crippen LogP contribution in [0, 0.1) is 0 Å². The van der Waals surface area contributed by atoms with Crippen molar-refractivity contribution in [1.82, 2.24) is 39.0 Å². The Labute approximate surface area is 263 Å². The van der Waals surface area contributed by atoms with Crippen LogP contribution in [0.25, 0.3) is 22.3 Å². The van der Waals surface area contributed by atoms with Gasteiger partial charge in [0.15, 0.2) is 47.1 Å². The number of hydrogen-bond acceptors (Lipinski definition) is 16. The standard InChI is InChI=1S/C20H22F2N10O10P2S2/c21-7-5-1-37-43(35,45)41-12-8(22)6(40-18(12)32-4-26-10-14(32)28-20(24)30-16(10)34)2-38-44(36,46)42-11(7)17(39-5)31-3-25-9-13(31)27-19(23)29-15(9)33/h3-8,11-12,17-18H,1-2H2,(H,35,45)(H,36,46)(H3,23,27,29,33)(H3,24,28,30,34)/t5-,6-,7+,8+,11-,12-,17-,18-,43?,44?/m1/s1. The van der Waals surface area contributed by atoms with Gasteiger partial charge in [0.05, 0.1) is 25.9 Å². The minimum Gasteiger partial charge on any atom is -0.369 e. The van der Waals surface area contributed by atoms with E-state index in [0.717, 1.165) is 21.8 Å². The van der Waals surface area contributed by atoms with Crippen LogP contribution in [0.3, 0.4) is 0 Å². The second-order valence-electron chi connectivity index (χ2n) is 10.2. The number of nitrogens with one attached hydrogen (secondary N) is 2. The summed E-state index contributed by atoms with van der Waals surface area (Å²) in [5.74, 6) is -0.563. The number of H-pyrrole nitrogens is 2. The first-order valence-electron chi connectivity index (χ1n) is 13.1. The molecule has 0 saturated carbocycles. The predicted molar refractivity (Wildman–Crippen MR) is 157 cm³/mol. The van der Waals surface area contributed by atoms with Crippen molar-refractivity contribution in [3.05, 3.63) is 33.4 Å². The van der Waals surface area contributed by atoms with Gasteiger partial charge in [-0.3, -0.25) is 42.3 Å². The van der Waals surface area contributed by atoms with Crippen molar-refractivity contribution in [2.24, 2.45) is 0 Å². The van der Waals surface area contributed by atoms with Crippen LogP contribution in [0.15, 0.2) is 22.2 Å². The highest BCUT2D eigenvalue weighted by molar-refractivity contribution is 8.44. The van der Waals surface area contributed by atoms with Crippen molar-refractivity contribution in [3.63, 3.8) is 0 Å². The maximum atomic E-state index is 15.9. The Kier molecular flexibility index (Phi) is 7.84. The maximum absolute atomic E-state index is 15.9. The lowest BCUT2D eigenvalue weighted by Gasteiger charge is -2.26. The van der Waals surface area contributed by atoms with E-state index in [1.165, 1.54) is 0 Å². The minimum absolute atomic E-state index is 0.121. The fourth-order valence-corrected chi connectivity index (χ4v) is 8.15. The number of nitrogens with two attached hydrogens (primary N) is 2. The van der Waals surface area contributed by atoms with Crippen molar-refractivity contribution in [2.75, 3.05) is 24.7 Å². The number of fused-ring (bicyclic) bond motifs is 6. The quantitative estimate of drug-likeness (QED) is 0.117. The summed E-state index contributed by atoms with van der Waals surface area (Å²) in [5.41, 5.74) is 9.35. The molecule has 4 bridgehead atoms. The molecule has 7 N–H and O–H groups in total. The topological polar surface area (TPSA) is 272 Å². The van der Waals surface area contributed by atoms with Crippen molar-refractivity contribution >= 4 is 71.8 Å². The van der Waals surface area contributed by atoms with Gasteiger partial charge in [0.2, 0.25) is 11.9 Å². The number of aromatic amines is 2. The fourth-order valence-electron chi connectivity index (χ4n) is 5.29. The second kappa shape index (κ2) is 11.4. The molecule has 7 rings (SSSR count).